The average molecular weight is 350 g/mol. The second-order valence-corrected chi connectivity index (χ2v) is 6.48. The molecular weight excluding hydrogens is 316 g/mol. The van der Waals surface area contributed by atoms with E-state index in [9.17, 15) is 9.90 Å². The monoisotopic (exact) mass is 350 g/mol. The standard InChI is InChI=1S/C21H34O4/c1-3-4-5-6-7-11-14-19(22)20(24-2)17-16-18-13-10-8-9-12-15-21(23)25-18/h7-8,10-11,16-20,22H,3-6,9,12-15H2,1-2H3/b10-8?,11-7?,17-16+/t18-,19-,20?/m0/s1. The van der Waals surface area contributed by atoms with Crippen molar-refractivity contribution in [1.82, 2.24) is 0 Å². The van der Waals surface area contributed by atoms with Crippen molar-refractivity contribution in [3.63, 3.8) is 0 Å². The molecule has 0 spiro atoms. The Morgan fingerprint density at radius 2 is 2.20 bits per heavy atom. The molecule has 1 N–H and O–H groups in total. The Labute approximate surface area is 152 Å². The first-order valence-electron chi connectivity index (χ1n) is 9.56. The first-order chi connectivity index (χ1) is 12.2. The molecule has 1 aliphatic rings. The van der Waals surface area contributed by atoms with E-state index >= 15 is 0 Å². The van der Waals surface area contributed by atoms with Crippen LogP contribution in [-0.4, -0.2) is 36.5 Å². The lowest BCUT2D eigenvalue weighted by atomic mass is 10.1. The van der Waals surface area contributed by atoms with Gasteiger partial charge in [-0.25, -0.2) is 0 Å². The van der Waals surface area contributed by atoms with Crippen LogP contribution in [0.3, 0.4) is 0 Å². The molecule has 0 aromatic rings. The van der Waals surface area contributed by atoms with Crippen LogP contribution in [0.1, 0.15) is 64.7 Å². The van der Waals surface area contributed by atoms with Gasteiger partial charge in [-0.1, -0.05) is 50.1 Å². The molecule has 3 atom stereocenters. The number of allylic oxidation sites excluding steroid dienone is 2. The summed E-state index contributed by atoms with van der Waals surface area (Å²) in [4.78, 5) is 11.7. The lowest BCUT2D eigenvalue weighted by Crippen LogP contribution is -2.26. The summed E-state index contributed by atoms with van der Waals surface area (Å²) in [5.41, 5.74) is 0. The fraction of sp³-hybridized carbons (Fsp3) is 0.667. The van der Waals surface area contributed by atoms with E-state index in [-0.39, 0.29) is 12.1 Å². The summed E-state index contributed by atoms with van der Waals surface area (Å²) in [5, 5.41) is 10.3. The smallest absolute Gasteiger partial charge is 0.306 e. The van der Waals surface area contributed by atoms with Gasteiger partial charge in [0.15, 0.2) is 0 Å². The predicted octanol–water partition coefficient (Wildman–Crippen LogP) is 4.49. The third-order valence-electron chi connectivity index (χ3n) is 4.25. The van der Waals surface area contributed by atoms with Crippen LogP contribution in [0.15, 0.2) is 36.5 Å². The highest BCUT2D eigenvalue weighted by Gasteiger charge is 2.16. The van der Waals surface area contributed by atoms with Gasteiger partial charge in [-0.2, -0.15) is 0 Å². The molecule has 4 nitrogen and oxygen atoms in total. The molecule has 0 radical (unpaired) electrons. The van der Waals surface area contributed by atoms with Crippen LogP contribution in [0.4, 0.5) is 0 Å². The van der Waals surface area contributed by atoms with Gasteiger partial charge < -0.3 is 14.6 Å². The van der Waals surface area contributed by atoms with Crippen LogP contribution in [0.5, 0.6) is 0 Å². The number of rotatable bonds is 10. The van der Waals surface area contributed by atoms with E-state index in [1.807, 2.05) is 18.2 Å². The first kappa shape index (κ1) is 21.7. The van der Waals surface area contributed by atoms with Crippen LogP contribution in [-0.2, 0) is 14.3 Å². The fourth-order valence-electron chi connectivity index (χ4n) is 2.70. The summed E-state index contributed by atoms with van der Waals surface area (Å²) < 4.78 is 10.8. The van der Waals surface area contributed by atoms with E-state index in [1.54, 1.807) is 13.2 Å². The lowest BCUT2D eigenvalue weighted by molar-refractivity contribution is -0.146. The molecule has 0 aliphatic carbocycles. The van der Waals surface area contributed by atoms with Crippen molar-refractivity contribution in [3.05, 3.63) is 36.5 Å². The number of carbonyl (C=O) groups is 1. The highest BCUT2D eigenvalue weighted by atomic mass is 16.5. The SMILES string of the molecule is CCCCCC=CC[C@H](O)C(/C=C/[C@@H]1CC=CCCCC(=O)O1)OC. The molecule has 0 saturated carbocycles. The number of ether oxygens (including phenoxy) is 2. The number of cyclic esters (lactones) is 1. The maximum Gasteiger partial charge on any atom is 0.306 e. The highest BCUT2D eigenvalue weighted by Crippen LogP contribution is 2.13. The number of unbranched alkanes of at least 4 members (excludes halogenated alkanes) is 3. The second kappa shape index (κ2) is 13.9. The summed E-state index contributed by atoms with van der Waals surface area (Å²) >= 11 is 0. The molecule has 0 bridgehead atoms. The minimum absolute atomic E-state index is 0.164. The van der Waals surface area contributed by atoms with Crippen molar-refractivity contribution in [2.75, 3.05) is 7.11 Å². The molecule has 1 rings (SSSR count). The summed E-state index contributed by atoms with van der Waals surface area (Å²) in [7, 11) is 1.58. The number of hydrogen-bond donors (Lipinski definition) is 1. The quantitative estimate of drug-likeness (QED) is 0.358. The number of aliphatic hydroxyl groups is 1. The molecule has 0 saturated heterocycles. The Morgan fingerprint density at radius 1 is 1.36 bits per heavy atom. The van der Waals surface area contributed by atoms with Crippen LogP contribution >= 0.6 is 0 Å². The Bertz CT molecular complexity index is 439. The molecule has 0 amide bonds. The minimum atomic E-state index is -0.605. The van der Waals surface area contributed by atoms with Gasteiger partial charge in [0, 0.05) is 20.0 Å². The van der Waals surface area contributed by atoms with Crippen molar-refractivity contribution in [2.45, 2.75) is 83.0 Å². The van der Waals surface area contributed by atoms with E-state index in [1.165, 1.54) is 19.3 Å². The van der Waals surface area contributed by atoms with Crippen LogP contribution in [0.25, 0.3) is 0 Å². The molecule has 1 aliphatic heterocycles. The molecule has 142 valence electrons. The maximum absolute atomic E-state index is 11.7. The zero-order valence-electron chi connectivity index (χ0n) is 15.7. The van der Waals surface area contributed by atoms with E-state index in [0.29, 0.717) is 19.3 Å². The van der Waals surface area contributed by atoms with Gasteiger partial charge >= 0.3 is 5.97 Å². The lowest BCUT2D eigenvalue weighted by Gasteiger charge is -2.18. The normalized spacial score (nSPS) is 21.7. The molecular formula is C21H34O4. The van der Waals surface area contributed by atoms with E-state index in [0.717, 1.165) is 19.3 Å². The Balaban J connectivity index is 2.48. The Hall–Kier alpha value is -1.39. The number of carbonyl (C=O) groups excluding carboxylic acids is 1. The zero-order chi connectivity index (χ0) is 18.3. The first-order valence-corrected chi connectivity index (χ1v) is 9.56. The number of hydrogen-bond acceptors (Lipinski definition) is 4. The third kappa shape index (κ3) is 10.3. The Kier molecular flexibility index (Phi) is 12.0. The van der Waals surface area contributed by atoms with Crippen LogP contribution in [0, 0.1) is 0 Å². The van der Waals surface area contributed by atoms with Gasteiger partial charge in [-0.05, 0) is 38.2 Å². The summed E-state index contributed by atoms with van der Waals surface area (Å²) in [6.07, 6.45) is 18.7. The van der Waals surface area contributed by atoms with Gasteiger partial charge in [-0.15, -0.1) is 0 Å². The molecule has 0 aromatic heterocycles. The summed E-state index contributed by atoms with van der Waals surface area (Å²) in [5.74, 6) is -0.164. The summed E-state index contributed by atoms with van der Waals surface area (Å²) in [6.45, 7) is 2.19. The zero-order valence-corrected chi connectivity index (χ0v) is 15.7. The van der Waals surface area contributed by atoms with Gasteiger partial charge in [0.25, 0.3) is 0 Å². The second-order valence-electron chi connectivity index (χ2n) is 6.48. The maximum atomic E-state index is 11.7. The molecule has 0 aromatic carbocycles. The number of aliphatic hydroxyl groups excluding tert-OH is 1. The average Bonchev–Trinajstić information content (AvgIpc) is 2.70. The van der Waals surface area contributed by atoms with E-state index in [4.69, 9.17) is 9.47 Å². The van der Waals surface area contributed by atoms with Crippen molar-refractivity contribution < 1.29 is 19.4 Å². The molecule has 25 heavy (non-hydrogen) atoms. The van der Waals surface area contributed by atoms with E-state index < -0.39 is 12.2 Å². The number of methoxy groups -OCH3 is 1. The van der Waals surface area contributed by atoms with Crippen molar-refractivity contribution in [1.29, 1.82) is 0 Å². The minimum Gasteiger partial charge on any atom is -0.458 e. The predicted molar refractivity (Wildman–Crippen MR) is 101 cm³/mol. The third-order valence-corrected chi connectivity index (χ3v) is 4.25. The van der Waals surface area contributed by atoms with Crippen molar-refractivity contribution in [3.8, 4) is 0 Å². The fourth-order valence-corrected chi connectivity index (χ4v) is 2.70. The van der Waals surface area contributed by atoms with Gasteiger partial charge in [0.2, 0.25) is 0 Å². The van der Waals surface area contributed by atoms with Crippen molar-refractivity contribution in [2.24, 2.45) is 0 Å². The van der Waals surface area contributed by atoms with Gasteiger partial charge in [0.1, 0.15) is 12.2 Å². The largest absolute Gasteiger partial charge is 0.458 e. The van der Waals surface area contributed by atoms with Gasteiger partial charge in [-0.3, -0.25) is 4.79 Å². The van der Waals surface area contributed by atoms with E-state index in [2.05, 4.69) is 19.1 Å². The van der Waals surface area contributed by atoms with Gasteiger partial charge in [0.05, 0.1) is 6.10 Å². The molecule has 1 unspecified atom stereocenters. The van der Waals surface area contributed by atoms with Crippen LogP contribution < -0.4 is 0 Å². The summed E-state index contributed by atoms with van der Waals surface area (Å²) in [6, 6.07) is 0. The molecule has 4 heteroatoms. The van der Waals surface area contributed by atoms with Crippen molar-refractivity contribution >= 4 is 5.97 Å². The number of esters is 1. The Morgan fingerprint density at radius 3 is 2.96 bits per heavy atom. The molecule has 0 fully saturated rings. The topological polar surface area (TPSA) is 55.8 Å². The molecule has 1 heterocycles. The highest BCUT2D eigenvalue weighted by molar-refractivity contribution is 5.69. The van der Waals surface area contributed by atoms with Crippen LogP contribution in [0.2, 0.25) is 0 Å².